The predicted molar refractivity (Wildman–Crippen MR) is 79.8 cm³/mol. The molecule has 0 saturated carbocycles. The molecule has 0 unspecified atom stereocenters. The zero-order valence-corrected chi connectivity index (χ0v) is 12.2. The zero-order chi connectivity index (χ0) is 13.8. The molecule has 104 valence electrons. The summed E-state index contributed by atoms with van der Waals surface area (Å²) >= 11 is 0. The molecule has 2 aromatic rings. The van der Waals surface area contributed by atoms with Crippen LogP contribution in [-0.2, 0) is 6.54 Å². The Morgan fingerprint density at radius 2 is 2.00 bits per heavy atom. The number of likely N-dealkylation sites (N-methyl/N-ethyl adjacent to an activating group) is 2. The van der Waals surface area contributed by atoms with Gasteiger partial charge in [-0.2, -0.15) is 0 Å². The molecule has 0 saturated heterocycles. The summed E-state index contributed by atoms with van der Waals surface area (Å²) < 4.78 is 2.16. The van der Waals surface area contributed by atoms with Crippen LogP contribution in [0.2, 0.25) is 0 Å². The van der Waals surface area contributed by atoms with Gasteiger partial charge in [-0.1, -0.05) is 6.07 Å². The Balaban J connectivity index is 2.26. The van der Waals surface area contributed by atoms with E-state index in [1.54, 1.807) is 0 Å². The number of nitrogens with one attached hydrogen (secondary N) is 1. The van der Waals surface area contributed by atoms with Gasteiger partial charge in [0.05, 0.1) is 5.69 Å². The fourth-order valence-corrected chi connectivity index (χ4v) is 2.09. The molecule has 0 amide bonds. The van der Waals surface area contributed by atoms with Crippen LogP contribution in [0.1, 0.15) is 5.69 Å². The maximum Gasteiger partial charge on any atom is 0.138 e. The quantitative estimate of drug-likeness (QED) is 0.843. The first-order valence-corrected chi connectivity index (χ1v) is 6.59. The number of nitrogens with zero attached hydrogens (tertiary/aromatic N) is 4. The third-order valence-corrected chi connectivity index (χ3v) is 3.15. The summed E-state index contributed by atoms with van der Waals surface area (Å²) in [7, 11) is 8.25. The van der Waals surface area contributed by atoms with Gasteiger partial charge in [-0.3, -0.25) is 4.40 Å². The first-order chi connectivity index (χ1) is 9.11. The van der Waals surface area contributed by atoms with Gasteiger partial charge in [-0.05, 0) is 33.3 Å². The van der Waals surface area contributed by atoms with Crippen molar-refractivity contribution in [3.8, 4) is 0 Å². The van der Waals surface area contributed by atoms with Crippen LogP contribution in [0.25, 0.3) is 5.65 Å². The fraction of sp³-hybridized carbons (Fsp3) is 0.500. The van der Waals surface area contributed by atoms with E-state index in [-0.39, 0.29) is 0 Å². The summed E-state index contributed by atoms with van der Waals surface area (Å²) in [6.45, 7) is 2.82. The molecule has 0 aliphatic rings. The number of rotatable bonds is 6. The highest BCUT2D eigenvalue weighted by atomic mass is 15.2. The van der Waals surface area contributed by atoms with Gasteiger partial charge in [0, 0.05) is 32.9 Å². The molecule has 0 spiro atoms. The summed E-state index contributed by atoms with van der Waals surface area (Å²) in [6.07, 6.45) is 2.10. The molecule has 5 nitrogen and oxygen atoms in total. The number of aromatic nitrogens is 2. The van der Waals surface area contributed by atoms with Crippen molar-refractivity contribution in [1.29, 1.82) is 0 Å². The van der Waals surface area contributed by atoms with Crippen molar-refractivity contribution in [3.05, 3.63) is 30.1 Å². The van der Waals surface area contributed by atoms with E-state index in [2.05, 4.69) is 64.0 Å². The standard InChI is InChI=1S/C14H23N5/c1-15-10-12-11-19-13(16-12)6-5-7-14(19)18(4)9-8-17(2)3/h5-7,11,15H,8-10H2,1-4H3. The van der Waals surface area contributed by atoms with Gasteiger partial charge < -0.3 is 15.1 Å². The highest BCUT2D eigenvalue weighted by molar-refractivity contribution is 5.52. The van der Waals surface area contributed by atoms with Crippen molar-refractivity contribution in [2.24, 2.45) is 0 Å². The average Bonchev–Trinajstić information content (AvgIpc) is 2.78. The molecule has 0 fully saturated rings. The van der Waals surface area contributed by atoms with Crippen LogP contribution < -0.4 is 10.2 Å². The van der Waals surface area contributed by atoms with E-state index in [4.69, 9.17) is 0 Å². The van der Waals surface area contributed by atoms with E-state index < -0.39 is 0 Å². The second-order valence-corrected chi connectivity index (χ2v) is 5.10. The Morgan fingerprint density at radius 1 is 1.21 bits per heavy atom. The lowest BCUT2D eigenvalue weighted by atomic mass is 10.4. The first-order valence-electron chi connectivity index (χ1n) is 6.59. The lowest BCUT2D eigenvalue weighted by Crippen LogP contribution is -2.29. The summed E-state index contributed by atoms with van der Waals surface area (Å²) in [5, 5.41) is 3.14. The summed E-state index contributed by atoms with van der Waals surface area (Å²) in [6, 6.07) is 6.24. The molecule has 5 heteroatoms. The zero-order valence-electron chi connectivity index (χ0n) is 12.2. The topological polar surface area (TPSA) is 35.8 Å². The fourth-order valence-electron chi connectivity index (χ4n) is 2.09. The highest BCUT2D eigenvalue weighted by Gasteiger charge is 2.08. The first kappa shape index (κ1) is 13.8. The van der Waals surface area contributed by atoms with Crippen LogP contribution in [0.4, 0.5) is 5.82 Å². The van der Waals surface area contributed by atoms with E-state index in [9.17, 15) is 0 Å². The van der Waals surface area contributed by atoms with Gasteiger partial charge in [0.1, 0.15) is 11.5 Å². The Hall–Kier alpha value is -1.59. The van der Waals surface area contributed by atoms with Gasteiger partial charge in [0.15, 0.2) is 0 Å². The van der Waals surface area contributed by atoms with Crippen LogP contribution in [0, 0.1) is 0 Å². The maximum atomic E-state index is 4.60. The molecular formula is C14H23N5. The Morgan fingerprint density at radius 3 is 2.68 bits per heavy atom. The minimum absolute atomic E-state index is 0.794. The van der Waals surface area contributed by atoms with E-state index in [1.165, 1.54) is 5.82 Å². The minimum atomic E-state index is 0.794. The highest BCUT2D eigenvalue weighted by Crippen LogP contribution is 2.16. The number of hydrogen-bond acceptors (Lipinski definition) is 4. The number of fused-ring (bicyclic) bond motifs is 1. The lowest BCUT2D eigenvalue weighted by Gasteiger charge is -2.22. The van der Waals surface area contributed by atoms with Crippen molar-refractivity contribution in [2.45, 2.75) is 6.54 Å². The van der Waals surface area contributed by atoms with E-state index >= 15 is 0 Å². The molecule has 0 aliphatic heterocycles. The summed E-state index contributed by atoms with van der Waals surface area (Å²) in [5.41, 5.74) is 2.07. The van der Waals surface area contributed by atoms with Crippen LogP contribution in [-0.4, -0.2) is 55.6 Å². The second kappa shape index (κ2) is 6.04. The molecule has 0 aromatic carbocycles. The van der Waals surface area contributed by atoms with Gasteiger partial charge in [-0.25, -0.2) is 4.98 Å². The maximum absolute atomic E-state index is 4.60. The van der Waals surface area contributed by atoms with E-state index in [0.29, 0.717) is 0 Å². The largest absolute Gasteiger partial charge is 0.359 e. The molecule has 2 aromatic heterocycles. The van der Waals surface area contributed by atoms with Crippen molar-refractivity contribution in [1.82, 2.24) is 19.6 Å². The summed E-state index contributed by atoms with van der Waals surface area (Å²) in [5.74, 6) is 1.18. The van der Waals surface area contributed by atoms with Gasteiger partial charge >= 0.3 is 0 Å². The monoisotopic (exact) mass is 261 g/mol. The molecule has 0 radical (unpaired) electrons. The van der Waals surface area contributed by atoms with Crippen molar-refractivity contribution < 1.29 is 0 Å². The lowest BCUT2D eigenvalue weighted by molar-refractivity contribution is 0.416. The summed E-state index contributed by atoms with van der Waals surface area (Å²) in [4.78, 5) is 9.06. The van der Waals surface area contributed by atoms with Crippen LogP contribution in [0.15, 0.2) is 24.4 Å². The molecule has 0 aliphatic carbocycles. The Labute approximate surface area is 114 Å². The van der Waals surface area contributed by atoms with Gasteiger partial charge in [0.2, 0.25) is 0 Å². The molecule has 1 N–H and O–H groups in total. The van der Waals surface area contributed by atoms with Crippen LogP contribution in [0.5, 0.6) is 0 Å². The number of pyridine rings is 1. The van der Waals surface area contributed by atoms with Gasteiger partial charge in [-0.15, -0.1) is 0 Å². The smallest absolute Gasteiger partial charge is 0.138 e. The SMILES string of the molecule is CNCc1cn2c(N(C)CCN(C)C)cccc2n1. The Bertz CT molecular complexity index is 532. The van der Waals surface area contributed by atoms with Crippen LogP contribution in [0.3, 0.4) is 0 Å². The molecule has 2 heterocycles. The number of imidazole rings is 1. The number of hydrogen-bond donors (Lipinski definition) is 1. The van der Waals surface area contributed by atoms with E-state index in [0.717, 1.165) is 31.0 Å². The normalized spacial score (nSPS) is 11.4. The minimum Gasteiger partial charge on any atom is -0.359 e. The average molecular weight is 261 g/mol. The third kappa shape index (κ3) is 3.24. The van der Waals surface area contributed by atoms with Crippen molar-refractivity contribution in [2.75, 3.05) is 46.2 Å². The van der Waals surface area contributed by atoms with Gasteiger partial charge in [0.25, 0.3) is 0 Å². The second-order valence-electron chi connectivity index (χ2n) is 5.10. The molecule has 0 atom stereocenters. The molecular weight excluding hydrogens is 238 g/mol. The van der Waals surface area contributed by atoms with Crippen molar-refractivity contribution in [3.63, 3.8) is 0 Å². The van der Waals surface area contributed by atoms with Crippen LogP contribution >= 0.6 is 0 Å². The molecule has 19 heavy (non-hydrogen) atoms. The Kier molecular flexibility index (Phi) is 4.39. The molecule has 2 rings (SSSR count). The molecule has 0 bridgehead atoms. The predicted octanol–water partition coefficient (Wildman–Crippen LogP) is 1.05. The van der Waals surface area contributed by atoms with Crippen molar-refractivity contribution >= 4 is 11.5 Å². The van der Waals surface area contributed by atoms with E-state index in [1.807, 2.05) is 13.1 Å². The third-order valence-electron chi connectivity index (χ3n) is 3.15. The number of anilines is 1.